The van der Waals surface area contributed by atoms with Crippen molar-refractivity contribution in [2.75, 3.05) is 13.1 Å². The molecule has 5 nitrogen and oxygen atoms in total. The monoisotopic (exact) mass is 315 g/mol. The van der Waals surface area contributed by atoms with Gasteiger partial charge in [0.05, 0.1) is 6.54 Å². The standard InChI is InChI=1S/C16H17N3O2S/c20-16(6-5-14-4-2-10-22-14)19-9-1-3-13(11-19)21-15-7-8-17-12-18-15/h2,4-8,10,12-13H,1,3,9,11H2/b6-5+. The molecule has 3 rings (SSSR count). The Balaban J connectivity index is 1.57. The van der Waals surface area contributed by atoms with E-state index in [9.17, 15) is 4.79 Å². The van der Waals surface area contributed by atoms with Crippen LogP contribution >= 0.6 is 11.3 Å². The quantitative estimate of drug-likeness (QED) is 0.814. The Kier molecular flexibility index (Phi) is 4.80. The number of amides is 1. The second-order valence-electron chi connectivity index (χ2n) is 5.06. The summed E-state index contributed by atoms with van der Waals surface area (Å²) < 4.78 is 5.82. The van der Waals surface area contributed by atoms with Crippen LogP contribution in [0.4, 0.5) is 0 Å². The molecule has 0 saturated carbocycles. The normalized spacial score (nSPS) is 18.5. The number of hydrogen-bond acceptors (Lipinski definition) is 5. The Hall–Kier alpha value is -2.21. The van der Waals surface area contributed by atoms with Crippen LogP contribution in [0, 0.1) is 0 Å². The highest BCUT2D eigenvalue weighted by Gasteiger charge is 2.23. The molecule has 3 heterocycles. The lowest BCUT2D eigenvalue weighted by atomic mass is 10.1. The molecule has 1 amide bonds. The maximum absolute atomic E-state index is 12.3. The van der Waals surface area contributed by atoms with Crippen molar-refractivity contribution in [2.45, 2.75) is 18.9 Å². The number of likely N-dealkylation sites (tertiary alicyclic amines) is 1. The zero-order valence-electron chi connectivity index (χ0n) is 12.1. The van der Waals surface area contributed by atoms with Gasteiger partial charge in [-0.2, -0.15) is 0 Å². The number of hydrogen-bond donors (Lipinski definition) is 0. The van der Waals surface area contributed by atoms with Gasteiger partial charge in [0, 0.05) is 29.8 Å². The van der Waals surface area contributed by atoms with Gasteiger partial charge >= 0.3 is 0 Å². The van der Waals surface area contributed by atoms with Crippen molar-refractivity contribution in [1.82, 2.24) is 14.9 Å². The summed E-state index contributed by atoms with van der Waals surface area (Å²) in [6.45, 7) is 1.37. The van der Waals surface area contributed by atoms with Crippen LogP contribution in [0.25, 0.3) is 6.08 Å². The summed E-state index contributed by atoms with van der Waals surface area (Å²) in [6.07, 6.45) is 8.47. The lowest BCUT2D eigenvalue weighted by Gasteiger charge is -2.31. The molecule has 22 heavy (non-hydrogen) atoms. The van der Waals surface area contributed by atoms with Gasteiger partial charge in [0.25, 0.3) is 0 Å². The summed E-state index contributed by atoms with van der Waals surface area (Å²) in [5.74, 6) is 0.591. The number of thiophene rings is 1. The highest BCUT2D eigenvalue weighted by Crippen LogP contribution is 2.17. The molecule has 1 atom stereocenters. The van der Waals surface area contributed by atoms with Crippen molar-refractivity contribution < 1.29 is 9.53 Å². The van der Waals surface area contributed by atoms with Crippen molar-refractivity contribution in [2.24, 2.45) is 0 Å². The summed E-state index contributed by atoms with van der Waals surface area (Å²) in [5.41, 5.74) is 0. The van der Waals surface area contributed by atoms with Crippen molar-refractivity contribution in [1.29, 1.82) is 0 Å². The molecule has 0 radical (unpaired) electrons. The highest BCUT2D eigenvalue weighted by atomic mass is 32.1. The first-order valence-electron chi connectivity index (χ1n) is 7.24. The number of rotatable bonds is 4. The number of carbonyl (C=O) groups excluding carboxylic acids is 1. The first-order chi connectivity index (χ1) is 10.8. The van der Waals surface area contributed by atoms with Crippen molar-refractivity contribution in [3.63, 3.8) is 0 Å². The second kappa shape index (κ2) is 7.17. The van der Waals surface area contributed by atoms with E-state index in [0.29, 0.717) is 12.4 Å². The first-order valence-corrected chi connectivity index (χ1v) is 8.12. The van der Waals surface area contributed by atoms with Crippen LogP contribution < -0.4 is 4.74 Å². The molecule has 1 aliphatic heterocycles. The molecule has 0 aliphatic carbocycles. The molecule has 114 valence electrons. The van der Waals surface area contributed by atoms with E-state index in [1.165, 1.54) is 6.33 Å². The number of ether oxygens (including phenoxy) is 1. The molecule has 0 N–H and O–H groups in total. The van der Waals surface area contributed by atoms with Crippen LogP contribution in [0.3, 0.4) is 0 Å². The van der Waals surface area contributed by atoms with E-state index < -0.39 is 0 Å². The number of aromatic nitrogens is 2. The molecule has 1 aliphatic rings. The van der Waals surface area contributed by atoms with Gasteiger partial charge in [-0.25, -0.2) is 9.97 Å². The molecule has 1 unspecified atom stereocenters. The zero-order valence-corrected chi connectivity index (χ0v) is 12.9. The molecule has 1 fully saturated rings. The van der Waals surface area contributed by atoms with E-state index >= 15 is 0 Å². The summed E-state index contributed by atoms with van der Waals surface area (Å²) >= 11 is 1.62. The van der Waals surface area contributed by atoms with Crippen LogP contribution in [-0.2, 0) is 4.79 Å². The van der Waals surface area contributed by atoms with Gasteiger partial charge in [0.15, 0.2) is 0 Å². The Bertz CT molecular complexity index is 628. The van der Waals surface area contributed by atoms with E-state index in [4.69, 9.17) is 4.74 Å². The smallest absolute Gasteiger partial charge is 0.246 e. The van der Waals surface area contributed by atoms with Gasteiger partial charge in [0.1, 0.15) is 12.4 Å². The third kappa shape index (κ3) is 3.92. The van der Waals surface area contributed by atoms with Crippen molar-refractivity contribution >= 4 is 23.3 Å². The number of nitrogens with zero attached hydrogens (tertiary/aromatic N) is 3. The van der Waals surface area contributed by atoms with E-state index in [2.05, 4.69) is 9.97 Å². The van der Waals surface area contributed by atoms with Crippen molar-refractivity contribution in [3.05, 3.63) is 47.1 Å². The zero-order chi connectivity index (χ0) is 15.2. The summed E-state index contributed by atoms with van der Waals surface area (Å²) in [7, 11) is 0. The maximum atomic E-state index is 12.3. The minimum Gasteiger partial charge on any atom is -0.472 e. The second-order valence-corrected chi connectivity index (χ2v) is 6.04. The third-order valence-electron chi connectivity index (χ3n) is 3.47. The fourth-order valence-corrected chi connectivity index (χ4v) is 3.02. The average molecular weight is 315 g/mol. The third-order valence-corrected chi connectivity index (χ3v) is 4.30. The Morgan fingerprint density at radius 2 is 2.41 bits per heavy atom. The van der Waals surface area contributed by atoms with Crippen LogP contribution in [0.15, 0.2) is 42.2 Å². The van der Waals surface area contributed by atoms with Gasteiger partial charge in [-0.1, -0.05) is 6.07 Å². The van der Waals surface area contributed by atoms with Gasteiger partial charge in [0.2, 0.25) is 11.8 Å². The molecule has 0 aromatic carbocycles. The molecule has 1 saturated heterocycles. The molecule has 2 aromatic heterocycles. The van der Waals surface area contributed by atoms with Crippen LogP contribution in [-0.4, -0.2) is 40.0 Å². The molecule has 0 spiro atoms. The van der Waals surface area contributed by atoms with E-state index in [1.54, 1.807) is 29.7 Å². The Morgan fingerprint density at radius 3 is 3.18 bits per heavy atom. The lowest BCUT2D eigenvalue weighted by Crippen LogP contribution is -2.43. The van der Waals surface area contributed by atoms with E-state index in [-0.39, 0.29) is 12.0 Å². The van der Waals surface area contributed by atoms with Gasteiger partial charge in [-0.05, 0) is 30.4 Å². The van der Waals surface area contributed by atoms with E-state index in [0.717, 1.165) is 24.3 Å². The van der Waals surface area contributed by atoms with Crippen molar-refractivity contribution in [3.8, 4) is 5.88 Å². The molecule has 2 aromatic rings. The number of piperidine rings is 1. The first kappa shape index (κ1) is 14.7. The minimum absolute atomic E-state index is 0.0114. The van der Waals surface area contributed by atoms with Crippen LogP contribution in [0.2, 0.25) is 0 Å². The van der Waals surface area contributed by atoms with Crippen LogP contribution in [0.1, 0.15) is 17.7 Å². The SMILES string of the molecule is O=C(/C=C/c1cccs1)N1CCCC(Oc2ccncn2)C1. The minimum atomic E-state index is -0.0114. The predicted octanol–water partition coefficient (Wildman–Crippen LogP) is 2.62. The van der Waals surface area contributed by atoms with Crippen LogP contribution in [0.5, 0.6) is 5.88 Å². The molecular formula is C16H17N3O2S. The largest absolute Gasteiger partial charge is 0.472 e. The fraction of sp³-hybridized carbons (Fsp3) is 0.312. The van der Waals surface area contributed by atoms with Gasteiger partial charge in [-0.15, -0.1) is 11.3 Å². The maximum Gasteiger partial charge on any atom is 0.246 e. The topological polar surface area (TPSA) is 55.3 Å². The predicted molar refractivity (Wildman–Crippen MR) is 85.6 cm³/mol. The average Bonchev–Trinajstić information content (AvgIpc) is 3.07. The van der Waals surface area contributed by atoms with Gasteiger partial charge in [-0.3, -0.25) is 4.79 Å². The fourth-order valence-electron chi connectivity index (χ4n) is 2.40. The Morgan fingerprint density at radius 1 is 1.45 bits per heavy atom. The lowest BCUT2D eigenvalue weighted by molar-refractivity contribution is -0.128. The summed E-state index contributed by atoms with van der Waals surface area (Å²) in [6, 6.07) is 5.70. The summed E-state index contributed by atoms with van der Waals surface area (Å²) in [4.78, 5) is 23.1. The molecule has 0 bridgehead atoms. The van der Waals surface area contributed by atoms with E-state index in [1.807, 2.05) is 28.5 Å². The summed E-state index contributed by atoms with van der Waals surface area (Å²) in [5, 5.41) is 2.00. The van der Waals surface area contributed by atoms with Gasteiger partial charge < -0.3 is 9.64 Å². The Labute approximate surface area is 133 Å². The molecule has 6 heteroatoms. The highest BCUT2D eigenvalue weighted by molar-refractivity contribution is 7.10. The number of carbonyl (C=O) groups is 1. The molecular weight excluding hydrogens is 298 g/mol.